The number of unbranched alkanes of at least 4 members (excludes halogenated alkanes) is 54. The summed E-state index contributed by atoms with van der Waals surface area (Å²) in [5, 5.41) is 19.2. The third-order valence-electron chi connectivity index (χ3n) is 21.5. The molecule has 6 amide bonds. The summed E-state index contributed by atoms with van der Waals surface area (Å²) in [5.41, 5.74) is 0. The van der Waals surface area contributed by atoms with Gasteiger partial charge in [-0.3, -0.25) is 48.4 Å². The van der Waals surface area contributed by atoms with Crippen molar-refractivity contribution in [3.8, 4) is 0 Å². The van der Waals surface area contributed by atoms with Crippen LogP contribution in [0.1, 0.15) is 427 Å². The van der Waals surface area contributed by atoms with Gasteiger partial charge in [0.2, 0.25) is 35.4 Å². The molecule has 0 atom stereocenters. The van der Waals surface area contributed by atoms with E-state index in [4.69, 9.17) is 0 Å². The fourth-order valence-electron chi connectivity index (χ4n) is 14.4. The summed E-state index contributed by atoms with van der Waals surface area (Å²) in [5.74, 6) is -0.522. The van der Waals surface area contributed by atoms with E-state index in [0.29, 0.717) is 78.5 Å². The summed E-state index contributed by atoms with van der Waals surface area (Å²) >= 11 is 0. The molecule has 0 aliphatic heterocycles. The quantitative estimate of drug-likeness (QED) is 0.0320. The van der Waals surface area contributed by atoms with Gasteiger partial charge in [-0.2, -0.15) is 0 Å². The number of nitrogens with one attached hydrogen (secondary N) is 6. The zero-order chi connectivity index (χ0) is 77.2. The molecule has 0 aliphatic rings. The van der Waals surface area contributed by atoms with E-state index >= 15 is 0 Å². The number of hydrogen-bond donors (Lipinski definition) is 6. The number of amides is 6. The fraction of sp³-hybridized carbons (Fsp3) is 0.933. The topological polar surface area (TPSA) is 188 Å². The monoisotopic (exact) mass is 1500 g/mol. The Morgan fingerprint density at radius 3 is 0.387 bits per heavy atom. The van der Waals surface area contributed by atoms with Gasteiger partial charge in [0.15, 0.2) is 0 Å². The summed E-state index contributed by atoms with van der Waals surface area (Å²) in [6.45, 7) is 20.3. The Labute approximate surface area is 657 Å². The van der Waals surface area contributed by atoms with Gasteiger partial charge in [0, 0.05) is 78.5 Å². The summed E-state index contributed by atoms with van der Waals surface area (Å²) in [4.78, 5) is 91.8. The minimum atomic E-state index is -0.0984. The SMILES string of the molecule is CCCCCCCCCCCCNC(=O)CN(CCN(CCN(CC(=O)NCCCCCCCCCCCC)CC(=O)NCCCCCCCCCCCC)CC(=O)NCCCCCCCCCCCC)CCN(CC(=O)NCCCCCCCCCCCC)CC(=O)NCCCCCCCCCCCC. The van der Waals surface area contributed by atoms with Crippen LogP contribution in [0.25, 0.3) is 0 Å². The lowest BCUT2D eigenvalue weighted by Gasteiger charge is -2.30. The van der Waals surface area contributed by atoms with Crippen molar-refractivity contribution in [2.24, 2.45) is 0 Å². The first-order chi connectivity index (χ1) is 52.0. The molecule has 0 spiro atoms. The number of hydrogen-bond acceptors (Lipinski definition) is 10. The molecule has 626 valence electrons. The van der Waals surface area contributed by atoms with Gasteiger partial charge in [0.1, 0.15) is 0 Å². The summed E-state index contributed by atoms with van der Waals surface area (Å²) in [6.07, 6.45) is 73.2. The van der Waals surface area contributed by atoms with E-state index in [1.807, 2.05) is 9.80 Å². The highest BCUT2D eigenvalue weighted by molar-refractivity contribution is 5.82. The molecule has 0 rings (SSSR count). The number of carbonyl (C=O) groups is 6. The smallest absolute Gasteiger partial charge is 0.234 e. The van der Waals surface area contributed by atoms with Crippen molar-refractivity contribution in [3.05, 3.63) is 0 Å². The van der Waals surface area contributed by atoms with Crippen molar-refractivity contribution in [2.45, 2.75) is 427 Å². The molecule has 0 aliphatic carbocycles. The first kappa shape index (κ1) is 103. The molecule has 6 N–H and O–H groups in total. The van der Waals surface area contributed by atoms with Crippen LogP contribution in [-0.2, 0) is 28.8 Å². The Bertz CT molecular complexity index is 1700. The van der Waals surface area contributed by atoms with Crippen LogP contribution < -0.4 is 31.9 Å². The van der Waals surface area contributed by atoms with Crippen LogP contribution in [0.5, 0.6) is 0 Å². The Hall–Kier alpha value is -3.34. The van der Waals surface area contributed by atoms with Crippen molar-refractivity contribution in [3.63, 3.8) is 0 Å². The maximum absolute atomic E-state index is 14.1. The van der Waals surface area contributed by atoms with Gasteiger partial charge in [-0.15, -0.1) is 0 Å². The van der Waals surface area contributed by atoms with Gasteiger partial charge in [0.05, 0.1) is 39.3 Å². The molecule has 0 heterocycles. The van der Waals surface area contributed by atoms with E-state index < -0.39 is 0 Å². The molecule has 16 nitrogen and oxygen atoms in total. The van der Waals surface area contributed by atoms with E-state index in [2.05, 4.69) is 83.2 Å². The van der Waals surface area contributed by atoms with Crippen LogP contribution >= 0.6 is 0 Å². The van der Waals surface area contributed by atoms with Crippen LogP contribution in [-0.4, -0.2) is 173 Å². The second-order valence-electron chi connectivity index (χ2n) is 32.2. The molecule has 0 radical (unpaired) electrons. The Balaban J connectivity index is 6.79. The van der Waals surface area contributed by atoms with Crippen molar-refractivity contribution in [1.29, 1.82) is 0 Å². The highest BCUT2D eigenvalue weighted by Crippen LogP contribution is 2.17. The largest absolute Gasteiger partial charge is 0.355 e. The van der Waals surface area contributed by atoms with E-state index in [1.54, 1.807) is 0 Å². The molecule has 106 heavy (non-hydrogen) atoms. The molecular formula is C90H180N10O6. The lowest BCUT2D eigenvalue weighted by molar-refractivity contribution is -0.127. The molecule has 0 unspecified atom stereocenters. The molecule has 0 fully saturated rings. The maximum Gasteiger partial charge on any atom is 0.234 e. The molecule has 0 aromatic heterocycles. The molecule has 0 aromatic rings. The Morgan fingerprint density at radius 1 is 0.151 bits per heavy atom. The molecule has 0 saturated carbocycles. The van der Waals surface area contributed by atoms with Crippen molar-refractivity contribution in [1.82, 2.24) is 51.5 Å². The molecule has 0 aromatic carbocycles. The highest BCUT2D eigenvalue weighted by Gasteiger charge is 2.22. The van der Waals surface area contributed by atoms with Gasteiger partial charge >= 0.3 is 0 Å². The minimum absolute atomic E-state index is 0.0643. The lowest BCUT2D eigenvalue weighted by atomic mass is 10.1. The maximum atomic E-state index is 14.1. The number of carbonyl (C=O) groups excluding carboxylic acids is 6. The van der Waals surface area contributed by atoms with Gasteiger partial charge in [-0.1, -0.05) is 388 Å². The molecule has 0 saturated heterocycles. The third kappa shape index (κ3) is 77.4. The van der Waals surface area contributed by atoms with Crippen molar-refractivity contribution < 1.29 is 28.8 Å². The predicted octanol–water partition coefficient (Wildman–Crippen LogP) is 20.4. The summed E-state index contributed by atoms with van der Waals surface area (Å²) in [6, 6.07) is 0. The fourth-order valence-corrected chi connectivity index (χ4v) is 14.4. The van der Waals surface area contributed by atoms with Crippen LogP contribution in [0.3, 0.4) is 0 Å². The van der Waals surface area contributed by atoms with Gasteiger partial charge in [-0.25, -0.2) is 0 Å². The predicted molar refractivity (Wildman–Crippen MR) is 455 cm³/mol. The van der Waals surface area contributed by atoms with E-state index in [1.165, 1.54) is 308 Å². The van der Waals surface area contributed by atoms with Gasteiger partial charge in [0.25, 0.3) is 0 Å². The zero-order valence-electron chi connectivity index (χ0n) is 71.4. The van der Waals surface area contributed by atoms with Crippen molar-refractivity contribution in [2.75, 3.05) is 118 Å². The Kier molecular flexibility index (Phi) is 81.5. The second kappa shape index (κ2) is 84.1. The van der Waals surface area contributed by atoms with Crippen LogP contribution in [0.2, 0.25) is 0 Å². The standard InChI is InChI=1S/C90H180N10O6/c1-7-13-19-25-31-37-43-49-55-61-67-91-85(101)79-97(75-77-99(81-87(103)93-69-63-57-51-45-39-33-27-21-15-9-3)82-88(104)94-70-64-58-52-46-40-34-28-22-16-10-4)73-74-98(80-86(102)92-68-62-56-50-44-38-32-26-20-14-8-2)76-78-100(83-89(105)95-71-65-59-53-47-41-35-29-23-17-11-5)84-90(106)96-72-66-60-54-48-42-36-30-24-18-12-6/h7-84H2,1-6H3,(H,91,101)(H,92,102)(H,93,103)(H,94,104)(H,95,105)(H,96,106). The van der Waals surface area contributed by atoms with Crippen LogP contribution in [0.4, 0.5) is 0 Å². The zero-order valence-corrected chi connectivity index (χ0v) is 71.4. The third-order valence-corrected chi connectivity index (χ3v) is 21.5. The van der Waals surface area contributed by atoms with Gasteiger partial charge < -0.3 is 31.9 Å². The molecule has 16 heteroatoms. The van der Waals surface area contributed by atoms with E-state index in [-0.39, 0.29) is 74.7 Å². The number of rotatable bonds is 87. The van der Waals surface area contributed by atoms with E-state index in [9.17, 15) is 28.8 Å². The average molecular weight is 1500 g/mol. The van der Waals surface area contributed by atoms with E-state index in [0.717, 1.165) is 77.0 Å². The van der Waals surface area contributed by atoms with Crippen LogP contribution in [0.15, 0.2) is 0 Å². The number of nitrogens with zero attached hydrogens (tertiary/aromatic N) is 4. The summed E-state index contributed by atoms with van der Waals surface area (Å²) < 4.78 is 0. The van der Waals surface area contributed by atoms with Crippen LogP contribution in [0, 0.1) is 0 Å². The first-order valence-corrected chi connectivity index (χ1v) is 46.5. The highest BCUT2D eigenvalue weighted by atomic mass is 16.2. The van der Waals surface area contributed by atoms with Crippen molar-refractivity contribution >= 4 is 35.4 Å². The van der Waals surface area contributed by atoms with Gasteiger partial charge in [-0.05, 0) is 38.5 Å². The first-order valence-electron chi connectivity index (χ1n) is 46.5. The molecule has 0 bridgehead atoms. The minimum Gasteiger partial charge on any atom is -0.355 e. The average Bonchev–Trinajstić information content (AvgIpc) is 0.916. The Morgan fingerprint density at radius 2 is 0.255 bits per heavy atom. The normalized spacial score (nSPS) is 11.6. The molecular weight excluding hydrogens is 1320 g/mol. The summed E-state index contributed by atoms with van der Waals surface area (Å²) in [7, 11) is 0. The second-order valence-corrected chi connectivity index (χ2v) is 32.2. The lowest BCUT2D eigenvalue weighted by Crippen LogP contribution is -2.50.